The van der Waals surface area contributed by atoms with Crippen LogP contribution in [0.1, 0.15) is 23.2 Å². The topological polar surface area (TPSA) is 136 Å². The van der Waals surface area contributed by atoms with Gasteiger partial charge in [-0.1, -0.05) is 29.3 Å². The molecule has 1 saturated heterocycles. The summed E-state index contributed by atoms with van der Waals surface area (Å²) in [7, 11) is 0. The minimum atomic E-state index is -5.08. The summed E-state index contributed by atoms with van der Waals surface area (Å²) in [6.07, 6.45) is -4.20. The van der Waals surface area contributed by atoms with E-state index in [2.05, 4.69) is 5.32 Å². The number of aliphatic carboxylic acids is 1. The van der Waals surface area contributed by atoms with Crippen molar-refractivity contribution >= 4 is 46.8 Å². The number of ketones is 1. The maximum Gasteiger partial charge on any atom is 0.490 e. The van der Waals surface area contributed by atoms with Crippen molar-refractivity contribution in [2.24, 2.45) is 11.7 Å². The van der Waals surface area contributed by atoms with Gasteiger partial charge in [-0.3, -0.25) is 9.59 Å². The molecular formula is C17H17Cl2F3N2O6. The highest BCUT2D eigenvalue weighted by molar-refractivity contribution is 6.39. The van der Waals surface area contributed by atoms with Gasteiger partial charge in [0.05, 0.1) is 21.7 Å². The number of rotatable bonds is 6. The summed E-state index contributed by atoms with van der Waals surface area (Å²) in [5.74, 6) is -4.38. The van der Waals surface area contributed by atoms with E-state index in [4.69, 9.17) is 43.6 Å². The minimum absolute atomic E-state index is 0.00683. The number of esters is 1. The molecule has 0 aliphatic carbocycles. The normalized spacial score (nSPS) is 16.7. The Labute approximate surface area is 178 Å². The zero-order valence-electron chi connectivity index (χ0n) is 15.2. The number of carboxylic acids is 1. The summed E-state index contributed by atoms with van der Waals surface area (Å²) in [6.45, 7) is 0.0975. The monoisotopic (exact) mass is 472 g/mol. The molecule has 1 heterocycles. The molecule has 0 bridgehead atoms. The predicted molar refractivity (Wildman–Crippen MR) is 99.2 cm³/mol. The highest BCUT2D eigenvalue weighted by atomic mass is 35.5. The Hall–Kier alpha value is -2.37. The SMILES string of the molecule is NC(CC1CCNC1=O)C(=O)COC(=O)c1c(Cl)cccc1Cl.O=C(O)C(F)(F)F. The molecular weight excluding hydrogens is 456 g/mol. The lowest BCUT2D eigenvalue weighted by molar-refractivity contribution is -0.192. The van der Waals surface area contributed by atoms with E-state index in [-0.39, 0.29) is 33.9 Å². The first-order valence-corrected chi connectivity index (χ1v) is 9.07. The Kier molecular flexibility index (Phi) is 9.53. The predicted octanol–water partition coefficient (Wildman–Crippen LogP) is 2.21. The van der Waals surface area contributed by atoms with Gasteiger partial charge in [0.2, 0.25) is 5.91 Å². The number of amides is 1. The second-order valence-electron chi connectivity index (χ2n) is 6.06. The smallest absolute Gasteiger partial charge is 0.475 e. The van der Waals surface area contributed by atoms with E-state index in [0.29, 0.717) is 13.0 Å². The van der Waals surface area contributed by atoms with Crippen molar-refractivity contribution in [3.05, 3.63) is 33.8 Å². The maximum absolute atomic E-state index is 12.0. The molecule has 166 valence electrons. The van der Waals surface area contributed by atoms with Crippen molar-refractivity contribution in [3.8, 4) is 0 Å². The molecule has 1 fully saturated rings. The Bertz CT molecular complexity index is 799. The molecule has 2 rings (SSSR count). The number of ether oxygens (including phenoxy) is 1. The number of alkyl halides is 3. The molecule has 1 aliphatic rings. The van der Waals surface area contributed by atoms with Crippen LogP contribution in [0.4, 0.5) is 13.2 Å². The first-order valence-electron chi connectivity index (χ1n) is 8.31. The van der Waals surface area contributed by atoms with Crippen LogP contribution in [-0.4, -0.2) is 54.1 Å². The molecule has 0 radical (unpaired) electrons. The quantitative estimate of drug-likeness (QED) is 0.539. The molecule has 2 atom stereocenters. The Balaban J connectivity index is 0.000000553. The van der Waals surface area contributed by atoms with Gasteiger partial charge in [-0.15, -0.1) is 0 Å². The van der Waals surface area contributed by atoms with Crippen LogP contribution in [0.5, 0.6) is 0 Å². The van der Waals surface area contributed by atoms with Crippen LogP contribution in [0.2, 0.25) is 10.0 Å². The van der Waals surface area contributed by atoms with Crippen LogP contribution >= 0.6 is 23.2 Å². The fourth-order valence-electron chi connectivity index (χ4n) is 2.32. The van der Waals surface area contributed by atoms with Gasteiger partial charge < -0.3 is 20.9 Å². The summed E-state index contributed by atoms with van der Waals surface area (Å²) >= 11 is 11.8. The second-order valence-corrected chi connectivity index (χ2v) is 6.88. The number of nitrogens with two attached hydrogens (primary N) is 1. The number of benzene rings is 1. The van der Waals surface area contributed by atoms with Crippen LogP contribution in [0.15, 0.2) is 18.2 Å². The third kappa shape index (κ3) is 7.81. The zero-order valence-corrected chi connectivity index (χ0v) is 16.7. The third-order valence-electron chi connectivity index (χ3n) is 3.87. The fourth-order valence-corrected chi connectivity index (χ4v) is 2.87. The van der Waals surface area contributed by atoms with Gasteiger partial charge in [0.15, 0.2) is 12.4 Å². The molecule has 1 aliphatic heterocycles. The lowest BCUT2D eigenvalue weighted by Crippen LogP contribution is -2.37. The van der Waals surface area contributed by atoms with E-state index in [1.165, 1.54) is 12.1 Å². The number of halogens is 5. The standard InChI is InChI=1S/C15H16Cl2N2O4.C2HF3O2/c16-9-2-1-3-10(17)13(9)15(22)23-7-12(20)11(18)6-8-4-5-19-14(8)21;3-2(4,5)1(6)7/h1-3,8,11H,4-7,18H2,(H,19,21);(H,6,7). The molecule has 0 saturated carbocycles. The van der Waals surface area contributed by atoms with Crippen LogP contribution < -0.4 is 11.1 Å². The Morgan fingerprint density at radius 2 is 1.80 bits per heavy atom. The summed E-state index contributed by atoms with van der Waals surface area (Å²) in [5.41, 5.74) is 5.78. The molecule has 2 unspecified atom stereocenters. The van der Waals surface area contributed by atoms with E-state index in [0.717, 1.165) is 0 Å². The number of Topliss-reactive ketones (excluding diaryl/α,β-unsaturated/α-hetero) is 1. The number of carbonyl (C=O) groups excluding carboxylic acids is 3. The van der Waals surface area contributed by atoms with Gasteiger partial charge in [-0.25, -0.2) is 9.59 Å². The number of nitrogens with one attached hydrogen (secondary N) is 1. The van der Waals surface area contributed by atoms with E-state index in [9.17, 15) is 27.6 Å². The van der Waals surface area contributed by atoms with Crippen molar-refractivity contribution in [3.63, 3.8) is 0 Å². The van der Waals surface area contributed by atoms with E-state index >= 15 is 0 Å². The summed E-state index contributed by atoms with van der Waals surface area (Å²) < 4.78 is 36.7. The van der Waals surface area contributed by atoms with Crippen LogP contribution in [-0.2, 0) is 19.1 Å². The van der Waals surface area contributed by atoms with Crippen molar-refractivity contribution in [1.29, 1.82) is 0 Å². The van der Waals surface area contributed by atoms with Gasteiger partial charge in [-0.05, 0) is 25.0 Å². The van der Waals surface area contributed by atoms with Crippen molar-refractivity contribution in [2.75, 3.05) is 13.2 Å². The first kappa shape index (κ1) is 25.7. The van der Waals surface area contributed by atoms with Gasteiger partial charge in [0.1, 0.15) is 0 Å². The molecule has 8 nitrogen and oxygen atoms in total. The number of hydrogen-bond acceptors (Lipinski definition) is 6. The van der Waals surface area contributed by atoms with Crippen molar-refractivity contribution in [1.82, 2.24) is 5.32 Å². The lowest BCUT2D eigenvalue weighted by Gasteiger charge is -2.14. The van der Waals surface area contributed by atoms with E-state index in [1.807, 2.05) is 0 Å². The number of carboxylic acid groups (broad SMARTS) is 1. The summed E-state index contributed by atoms with van der Waals surface area (Å²) in [6, 6.07) is 3.72. The molecule has 13 heteroatoms. The Morgan fingerprint density at radius 1 is 1.27 bits per heavy atom. The zero-order chi connectivity index (χ0) is 23.1. The molecule has 30 heavy (non-hydrogen) atoms. The second kappa shape index (κ2) is 11.1. The van der Waals surface area contributed by atoms with Gasteiger partial charge in [0, 0.05) is 12.5 Å². The van der Waals surface area contributed by atoms with Gasteiger partial charge in [-0.2, -0.15) is 13.2 Å². The highest BCUT2D eigenvalue weighted by Crippen LogP contribution is 2.25. The van der Waals surface area contributed by atoms with E-state index < -0.39 is 36.5 Å². The van der Waals surface area contributed by atoms with Crippen molar-refractivity contribution < 1.29 is 42.2 Å². The van der Waals surface area contributed by atoms with Gasteiger partial charge in [0.25, 0.3) is 0 Å². The number of hydrogen-bond donors (Lipinski definition) is 3. The average Bonchev–Trinajstić information content (AvgIpc) is 3.03. The van der Waals surface area contributed by atoms with Crippen LogP contribution in [0.25, 0.3) is 0 Å². The van der Waals surface area contributed by atoms with Crippen molar-refractivity contribution in [2.45, 2.75) is 25.1 Å². The minimum Gasteiger partial charge on any atom is -0.475 e. The lowest BCUT2D eigenvalue weighted by atomic mass is 9.97. The molecule has 1 aromatic rings. The average molecular weight is 473 g/mol. The van der Waals surface area contributed by atoms with Crippen LogP contribution in [0.3, 0.4) is 0 Å². The summed E-state index contributed by atoms with van der Waals surface area (Å²) in [4.78, 5) is 44.3. The number of carbonyl (C=O) groups is 4. The molecule has 1 aromatic carbocycles. The maximum atomic E-state index is 12.0. The molecule has 0 spiro atoms. The van der Waals surface area contributed by atoms with E-state index in [1.54, 1.807) is 6.07 Å². The highest BCUT2D eigenvalue weighted by Gasteiger charge is 2.38. The molecule has 1 amide bonds. The fraction of sp³-hybridized carbons (Fsp3) is 0.412. The largest absolute Gasteiger partial charge is 0.490 e. The molecule has 0 aromatic heterocycles. The third-order valence-corrected chi connectivity index (χ3v) is 4.50. The molecule has 4 N–H and O–H groups in total. The summed E-state index contributed by atoms with van der Waals surface area (Å²) in [5, 5.41) is 10.1. The Morgan fingerprint density at radius 3 is 2.23 bits per heavy atom. The first-order chi connectivity index (χ1) is 13.8. The van der Waals surface area contributed by atoms with Crippen LogP contribution in [0, 0.1) is 5.92 Å². The van der Waals surface area contributed by atoms with Gasteiger partial charge >= 0.3 is 18.1 Å².